The van der Waals surface area contributed by atoms with Crippen LogP contribution >= 0.6 is 11.6 Å². The molecule has 1 amide bonds. The predicted molar refractivity (Wildman–Crippen MR) is 127 cm³/mol. The Morgan fingerprint density at radius 3 is 2.36 bits per heavy atom. The molecule has 4 rings (SSSR count). The van der Waals surface area contributed by atoms with E-state index in [0.717, 1.165) is 10.9 Å². The van der Waals surface area contributed by atoms with E-state index in [-0.39, 0.29) is 6.54 Å². The first-order valence-corrected chi connectivity index (χ1v) is 10.4. The van der Waals surface area contributed by atoms with Gasteiger partial charge in [-0.15, -0.1) is 0 Å². The molecule has 1 aromatic heterocycles. The van der Waals surface area contributed by atoms with Crippen molar-refractivity contribution in [1.29, 1.82) is 0 Å². The summed E-state index contributed by atoms with van der Waals surface area (Å²) in [7, 11) is 3.13. The van der Waals surface area contributed by atoms with E-state index in [2.05, 4.69) is 4.98 Å². The monoisotopic (exact) mass is 464 g/mol. The van der Waals surface area contributed by atoms with Gasteiger partial charge in [0.1, 0.15) is 11.5 Å². The number of methoxy groups -OCH3 is 2. The number of halogens is 1. The highest BCUT2D eigenvalue weighted by molar-refractivity contribution is 6.30. The van der Waals surface area contributed by atoms with E-state index < -0.39 is 6.09 Å². The molecule has 168 valence electrons. The second kappa shape index (κ2) is 9.67. The number of ether oxygens (including phenoxy) is 3. The number of hydrogen-bond donors (Lipinski definition) is 1. The minimum atomic E-state index is -1.06. The normalized spacial score (nSPS) is 10.6. The molecular weight excluding hydrogens is 444 g/mol. The van der Waals surface area contributed by atoms with Crippen molar-refractivity contribution in [2.45, 2.75) is 6.54 Å². The van der Waals surface area contributed by atoms with Crippen LogP contribution in [0.1, 0.15) is 5.56 Å². The summed E-state index contributed by atoms with van der Waals surface area (Å²) in [5.74, 6) is 2.28. The molecule has 4 aromatic rings. The van der Waals surface area contributed by atoms with Crippen LogP contribution in [0.5, 0.6) is 23.0 Å². The number of carbonyl (C=O) groups is 1. The van der Waals surface area contributed by atoms with Gasteiger partial charge in [0.05, 0.1) is 26.3 Å². The fourth-order valence-electron chi connectivity index (χ4n) is 3.44. The van der Waals surface area contributed by atoms with Crippen LogP contribution < -0.4 is 19.1 Å². The Morgan fingerprint density at radius 1 is 0.970 bits per heavy atom. The Labute approximate surface area is 195 Å². The number of aromatic nitrogens is 1. The van der Waals surface area contributed by atoms with Crippen LogP contribution in [0.2, 0.25) is 5.02 Å². The zero-order chi connectivity index (χ0) is 23.4. The summed E-state index contributed by atoms with van der Waals surface area (Å²) < 4.78 is 16.8. The first kappa shape index (κ1) is 22.2. The maximum absolute atomic E-state index is 11.9. The van der Waals surface area contributed by atoms with Gasteiger partial charge in [0.2, 0.25) is 0 Å². The molecular formula is C25H21ClN2O5. The molecule has 0 atom stereocenters. The second-order valence-electron chi connectivity index (χ2n) is 7.13. The number of nitrogens with zero attached hydrogens (tertiary/aromatic N) is 2. The van der Waals surface area contributed by atoms with E-state index in [9.17, 15) is 9.90 Å². The molecule has 33 heavy (non-hydrogen) atoms. The van der Waals surface area contributed by atoms with E-state index in [4.69, 9.17) is 25.8 Å². The Morgan fingerprint density at radius 2 is 1.70 bits per heavy atom. The van der Waals surface area contributed by atoms with Gasteiger partial charge in [0.25, 0.3) is 0 Å². The molecule has 1 N–H and O–H groups in total. The van der Waals surface area contributed by atoms with Gasteiger partial charge in [-0.25, -0.2) is 4.79 Å². The fraction of sp³-hybridized carbons (Fsp3) is 0.120. The lowest BCUT2D eigenvalue weighted by Gasteiger charge is -2.20. The van der Waals surface area contributed by atoms with Crippen molar-refractivity contribution in [3.63, 3.8) is 0 Å². The molecule has 0 spiro atoms. The van der Waals surface area contributed by atoms with Crippen molar-refractivity contribution in [3.8, 4) is 23.0 Å². The molecule has 0 bridgehead atoms. The van der Waals surface area contributed by atoms with Gasteiger partial charge in [-0.05, 0) is 54.1 Å². The summed E-state index contributed by atoms with van der Waals surface area (Å²) in [6.07, 6.45) is 0.583. The molecule has 8 heteroatoms. The minimum Gasteiger partial charge on any atom is -0.493 e. The molecule has 0 radical (unpaired) electrons. The average molecular weight is 465 g/mol. The number of pyridine rings is 1. The molecule has 7 nitrogen and oxygen atoms in total. The Kier molecular flexibility index (Phi) is 6.51. The molecule has 1 heterocycles. The summed E-state index contributed by atoms with van der Waals surface area (Å²) >= 11 is 6.03. The van der Waals surface area contributed by atoms with Crippen molar-refractivity contribution in [2.24, 2.45) is 0 Å². The first-order valence-electron chi connectivity index (χ1n) is 10.0. The molecule has 0 aliphatic heterocycles. The summed E-state index contributed by atoms with van der Waals surface area (Å²) in [5, 5.41) is 11.0. The Balaban J connectivity index is 1.59. The van der Waals surface area contributed by atoms with Crippen LogP contribution in [0.25, 0.3) is 10.9 Å². The van der Waals surface area contributed by atoms with Crippen molar-refractivity contribution in [2.75, 3.05) is 19.1 Å². The zero-order valence-corrected chi connectivity index (χ0v) is 18.7. The van der Waals surface area contributed by atoms with E-state index in [1.165, 1.54) is 4.90 Å². The van der Waals surface area contributed by atoms with Crippen LogP contribution in [0.4, 0.5) is 10.5 Å². The third-order valence-electron chi connectivity index (χ3n) is 5.04. The second-order valence-corrected chi connectivity index (χ2v) is 7.56. The third kappa shape index (κ3) is 4.94. The summed E-state index contributed by atoms with van der Waals surface area (Å²) in [4.78, 5) is 17.5. The van der Waals surface area contributed by atoms with E-state index in [1.807, 2.05) is 12.1 Å². The van der Waals surface area contributed by atoms with E-state index >= 15 is 0 Å². The quantitative estimate of drug-likeness (QED) is 0.341. The van der Waals surface area contributed by atoms with Crippen LogP contribution in [-0.4, -0.2) is 30.4 Å². The van der Waals surface area contributed by atoms with E-state index in [1.54, 1.807) is 75.0 Å². The lowest BCUT2D eigenvalue weighted by molar-refractivity contribution is 0.201. The summed E-state index contributed by atoms with van der Waals surface area (Å²) in [5.41, 5.74) is 2.00. The SMILES string of the molecule is COc1cc2nccc(Oc3ccc(N(Cc4cccc(Cl)c4)C(=O)O)cc3)c2cc1OC. The van der Waals surface area contributed by atoms with Crippen molar-refractivity contribution in [1.82, 2.24) is 4.98 Å². The summed E-state index contributed by atoms with van der Waals surface area (Å²) in [6.45, 7) is 0.173. The smallest absolute Gasteiger partial charge is 0.412 e. The molecule has 0 saturated heterocycles. The Hall–Kier alpha value is -3.97. The van der Waals surface area contributed by atoms with Gasteiger partial charge in [-0.1, -0.05) is 23.7 Å². The van der Waals surface area contributed by atoms with Gasteiger partial charge in [0.15, 0.2) is 11.5 Å². The van der Waals surface area contributed by atoms with Crippen LogP contribution in [0.3, 0.4) is 0 Å². The first-order chi connectivity index (χ1) is 16.0. The van der Waals surface area contributed by atoms with Gasteiger partial charge < -0.3 is 19.3 Å². The number of fused-ring (bicyclic) bond motifs is 1. The molecule has 3 aromatic carbocycles. The molecule has 0 saturated carbocycles. The third-order valence-corrected chi connectivity index (χ3v) is 5.28. The van der Waals surface area contributed by atoms with Crippen molar-refractivity contribution >= 4 is 34.3 Å². The van der Waals surface area contributed by atoms with E-state index in [0.29, 0.717) is 39.2 Å². The molecule has 0 unspecified atom stereocenters. The Bertz CT molecular complexity index is 1290. The van der Waals surface area contributed by atoms with Crippen LogP contribution in [-0.2, 0) is 6.54 Å². The standard InChI is InChI=1S/C25H21ClN2O5/c1-31-23-13-20-21(14-24(23)32-2)27-11-10-22(20)33-19-8-6-18(7-9-19)28(25(29)30)15-16-4-3-5-17(26)12-16/h3-14H,15H2,1-2H3,(H,29,30). The van der Waals surface area contributed by atoms with Crippen LogP contribution in [0.15, 0.2) is 72.9 Å². The zero-order valence-electron chi connectivity index (χ0n) is 18.0. The topological polar surface area (TPSA) is 81.1 Å². The van der Waals surface area contributed by atoms with Gasteiger partial charge in [-0.2, -0.15) is 0 Å². The number of anilines is 1. The molecule has 0 aliphatic carbocycles. The summed E-state index contributed by atoms with van der Waals surface area (Å²) in [6, 6.07) is 19.3. The largest absolute Gasteiger partial charge is 0.493 e. The fourth-order valence-corrected chi connectivity index (χ4v) is 3.66. The highest BCUT2D eigenvalue weighted by Crippen LogP contribution is 2.37. The number of amides is 1. The number of benzene rings is 3. The van der Waals surface area contributed by atoms with Gasteiger partial charge >= 0.3 is 6.09 Å². The molecule has 0 aliphatic rings. The highest BCUT2D eigenvalue weighted by atomic mass is 35.5. The number of hydrogen-bond acceptors (Lipinski definition) is 5. The lowest BCUT2D eigenvalue weighted by atomic mass is 10.1. The number of carboxylic acid groups (broad SMARTS) is 1. The van der Waals surface area contributed by atoms with Gasteiger partial charge in [-0.3, -0.25) is 9.88 Å². The maximum atomic E-state index is 11.9. The minimum absolute atomic E-state index is 0.173. The molecule has 0 fully saturated rings. The predicted octanol–water partition coefficient (Wildman–Crippen LogP) is 6.38. The lowest BCUT2D eigenvalue weighted by Crippen LogP contribution is -2.28. The average Bonchev–Trinajstić information content (AvgIpc) is 2.82. The van der Waals surface area contributed by atoms with Crippen molar-refractivity contribution in [3.05, 3.63) is 83.5 Å². The highest BCUT2D eigenvalue weighted by Gasteiger charge is 2.16. The van der Waals surface area contributed by atoms with Crippen LogP contribution in [0, 0.1) is 0 Å². The maximum Gasteiger partial charge on any atom is 0.412 e. The van der Waals surface area contributed by atoms with Gasteiger partial charge in [0, 0.05) is 28.4 Å². The number of rotatable bonds is 7. The van der Waals surface area contributed by atoms with Crippen molar-refractivity contribution < 1.29 is 24.1 Å².